The number of hydrogen-bond acceptors (Lipinski definition) is 2. The quantitative estimate of drug-likeness (QED) is 0.651. The molecule has 3 nitrogen and oxygen atoms in total. The van der Waals surface area contributed by atoms with Gasteiger partial charge >= 0.3 is 0 Å². The number of nitrogens with zero attached hydrogens (tertiary/aromatic N) is 3. The fourth-order valence-electron chi connectivity index (χ4n) is 2.11. The molecule has 0 atom stereocenters. The van der Waals surface area contributed by atoms with E-state index in [0.717, 1.165) is 36.5 Å². The molecule has 0 radical (unpaired) electrons. The van der Waals surface area contributed by atoms with Crippen molar-refractivity contribution in [1.82, 2.24) is 14.5 Å². The van der Waals surface area contributed by atoms with Crippen LogP contribution >= 0.6 is 0 Å². The molecule has 2 heterocycles. The van der Waals surface area contributed by atoms with Gasteiger partial charge in [0.1, 0.15) is 11.6 Å². The maximum absolute atomic E-state index is 13.0. The minimum atomic E-state index is -0.216. The highest BCUT2D eigenvalue weighted by Crippen LogP contribution is 2.20. The third-order valence-corrected chi connectivity index (χ3v) is 2.91. The van der Waals surface area contributed by atoms with Gasteiger partial charge in [-0.1, -0.05) is 0 Å². The highest BCUT2D eigenvalue weighted by atomic mass is 19.1. The van der Waals surface area contributed by atoms with Crippen LogP contribution in [0.5, 0.6) is 0 Å². The molecule has 1 aliphatic rings. The minimum absolute atomic E-state index is 0.216. The molecule has 0 bridgehead atoms. The Bertz CT molecular complexity index is 518. The van der Waals surface area contributed by atoms with Crippen molar-refractivity contribution >= 4 is 11.0 Å². The zero-order valence-electron chi connectivity index (χ0n) is 8.57. The number of hydrogen-bond donors (Lipinski definition) is 0. The molecule has 1 aromatic heterocycles. The molecule has 3 rings (SSSR count). The number of fused-ring (bicyclic) bond motifs is 3. The highest BCUT2D eigenvalue weighted by Gasteiger charge is 2.17. The van der Waals surface area contributed by atoms with Gasteiger partial charge in [0.25, 0.3) is 0 Å². The molecule has 15 heavy (non-hydrogen) atoms. The van der Waals surface area contributed by atoms with Crippen LogP contribution < -0.4 is 0 Å². The van der Waals surface area contributed by atoms with Crippen LogP contribution in [0.3, 0.4) is 0 Å². The van der Waals surface area contributed by atoms with Crippen molar-refractivity contribution < 1.29 is 4.39 Å². The number of halogens is 1. The van der Waals surface area contributed by atoms with Crippen molar-refractivity contribution in [3.05, 3.63) is 29.8 Å². The Labute approximate surface area is 87.1 Å². The molecule has 0 spiro atoms. The molecule has 2 aromatic rings. The summed E-state index contributed by atoms with van der Waals surface area (Å²) < 4.78 is 15.2. The maximum atomic E-state index is 13.0. The summed E-state index contributed by atoms with van der Waals surface area (Å²) in [5, 5.41) is 0. The van der Waals surface area contributed by atoms with Gasteiger partial charge in [0.05, 0.1) is 17.6 Å². The maximum Gasteiger partial charge on any atom is 0.125 e. The van der Waals surface area contributed by atoms with E-state index in [4.69, 9.17) is 0 Å². The zero-order chi connectivity index (χ0) is 10.4. The first-order chi connectivity index (χ1) is 7.24. The Hall–Kier alpha value is -1.42. The van der Waals surface area contributed by atoms with Crippen molar-refractivity contribution in [2.24, 2.45) is 0 Å². The van der Waals surface area contributed by atoms with Crippen LogP contribution in [-0.4, -0.2) is 28.0 Å². The molecule has 0 saturated heterocycles. The molecular weight excluding hydrogens is 193 g/mol. The van der Waals surface area contributed by atoms with Gasteiger partial charge in [0.15, 0.2) is 0 Å². The number of aromatic nitrogens is 2. The number of likely N-dealkylation sites (N-methyl/N-ethyl adjacent to an activating group) is 1. The molecule has 0 saturated carbocycles. The SMILES string of the molecule is CN1CCn2c(nc3cc(F)ccc32)C1. The van der Waals surface area contributed by atoms with Crippen LogP contribution in [0.2, 0.25) is 0 Å². The molecular formula is C11H12FN3. The standard InChI is InChI=1S/C11H12FN3/c1-14-4-5-15-10-3-2-8(12)6-9(10)13-11(15)7-14/h2-3,6H,4-5,7H2,1H3. The molecule has 4 heteroatoms. The predicted octanol–water partition coefficient (Wildman–Crippen LogP) is 1.62. The van der Waals surface area contributed by atoms with Crippen LogP contribution in [-0.2, 0) is 13.1 Å². The Morgan fingerprint density at radius 1 is 1.33 bits per heavy atom. The third kappa shape index (κ3) is 1.33. The van der Waals surface area contributed by atoms with E-state index in [9.17, 15) is 4.39 Å². The fraction of sp³-hybridized carbons (Fsp3) is 0.364. The van der Waals surface area contributed by atoms with Crippen LogP contribution in [0, 0.1) is 5.82 Å². The van der Waals surface area contributed by atoms with E-state index in [1.165, 1.54) is 12.1 Å². The van der Waals surface area contributed by atoms with E-state index in [0.29, 0.717) is 0 Å². The van der Waals surface area contributed by atoms with Crippen molar-refractivity contribution in [3.8, 4) is 0 Å². The Balaban J connectivity index is 2.23. The molecule has 0 amide bonds. The Kier molecular flexibility index (Phi) is 1.79. The van der Waals surface area contributed by atoms with Gasteiger partial charge in [-0.25, -0.2) is 9.37 Å². The largest absolute Gasteiger partial charge is 0.326 e. The summed E-state index contributed by atoms with van der Waals surface area (Å²) in [6.07, 6.45) is 0. The van der Waals surface area contributed by atoms with Gasteiger partial charge in [-0.2, -0.15) is 0 Å². The average molecular weight is 205 g/mol. The summed E-state index contributed by atoms with van der Waals surface area (Å²) in [4.78, 5) is 6.67. The summed E-state index contributed by atoms with van der Waals surface area (Å²) in [7, 11) is 2.07. The van der Waals surface area contributed by atoms with E-state index >= 15 is 0 Å². The van der Waals surface area contributed by atoms with Crippen molar-refractivity contribution in [2.45, 2.75) is 13.1 Å². The highest BCUT2D eigenvalue weighted by molar-refractivity contribution is 5.76. The Morgan fingerprint density at radius 2 is 2.20 bits per heavy atom. The fourth-order valence-corrected chi connectivity index (χ4v) is 2.11. The lowest BCUT2D eigenvalue weighted by Crippen LogP contribution is -2.30. The Morgan fingerprint density at radius 3 is 3.07 bits per heavy atom. The molecule has 1 aromatic carbocycles. The monoisotopic (exact) mass is 205 g/mol. The molecule has 0 aliphatic carbocycles. The molecule has 78 valence electrons. The first-order valence-corrected chi connectivity index (χ1v) is 5.07. The molecule has 1 aliphatic heterocycles. The normalized spacial score (nSPS) is 16.9. The predicted molar refractivity (Wildman–Crippen MR) is 56.0 cm³/mol. The van der Waals surface area contributed by atoms with Crippen LogP contribution in [0.25, 0.3) is 11.0 Å². The van der Waals surface area contributed by atoms with E-state index in [1.807, 2.05) is 6.07 Å². The molecule has 0 fully saturated rings. The third-order valence-electron chi connectivity index (χ3n) is 2.91. The minimum Gasteiger partial charge on any atom is -0.326 e. The van der Waals surface area contributed by atoms with Gasteiger partial charge in [0.2, 0.25) is 0 Å². The van der Waals surface area contributed by atoms with Crippen LogP contribution in [0.1, 0.15) is 5.82 Å². The van der Waals surface area contributed by atoms with Crippen molar-refractivity contribution in [3.63, 3.8) is 0 Å². The average Bonchev–Trinajstić information content (AvgIpc) is 2.53. The van der Waals surface area contributed by atoms with Gasteiger partial charge in [-0.3, -0.25) is 4.90 Å². The summed E-state index contributed by atoms with van der Waals surface area (Å²) in [6, 6.07) is 4.81. The van der Waals surface area contributed by atoms with E-state index in [1.54, 1.807) is 0 Å². The first-order valence-electron chi connectivity index (χ1n) is 5.07. The number of benzene rings is 1. The second-order valence-corrected chi connectivity index (χ2v) is 4.05. The lowest BCUT2D eigenvalue weighted by Gasteiger charge is -2.23. The molecule has 0 N–H and O–H groups in total. The van der Waals surface area contributed by atoms with E-state index in [2.05, 4.69) is 21.5 Å². The summed E-state index contributed by atoms with van der Waals surface area (Å²) >= 11 is 0. The van der Waals surface area contributed by atoms with Crippen molar-refractivity contribution in [2.75, 3.05) is 13.6 Å². The topological polar surface area (TPSA) is 21.1 Å². The summed E-state index contributed by atoms with van der Waals surface area (Å²) in [5.74, 6) is 0.815. The van der Waals surface area contributed by atoms with E-state index < -0.39 is 0 Å². The number of imidazole rings is 1. The smallest absolute Gasteiger partial charge is 0.125 e. The van der Waals surface area contributed by atoms with Crippen molar-refractivity contribution in [1.29, 1.82) is 0 Å². The van der Waals surface area contributed by atoms with Gasteiger partial charge < -0.3 is 4.57 Å². The van der Waals surface area contributed by atoms with Crippen LogP contribution in [0.4, 0.5) is 4.39 Å². The lowest BCUT2D eigenvalue weighted by molar-refractivity contribution is 0.267. The van der Waals surface area contributed by atoms with Crippen LogP contribution in [0.15, 0.2) is 18.2 Å². The number of rotatable bonds is 0. The molecule has 0 unspecified atom stereocenters. The summed E-state index contributed by atoms with van der Waals surface area (Å²) in [6.45, 7) is 2.81. The van der Waals surface area contributed by atoms with Gasteiger partial charge in [0, 0.05) is 19.2 Å². The second-order valence-electron chi connectivity index (χ2n) is 4.05. The van der Waals surface area contributed by atoms with E-state index in [-0.39, 0.29) is 5.82 Å². The summed E-state index contributed by atoms with van der Waals surface area (Å²) in [5.41, 5.74) is 1.81. The van der Waals surface area contributed by atoms with Gasteiger partial charge in [-0.05, 0) is 19.2 Å². The second kappa shape index (κ2) is 3.03. The van der Waals surface area contributed by atoms with Gasteiger partial charge in [-0.15, -0.1) is 0 Å². The lowest BCUT2D eigenvalue weighted by atomic mass is 10.3. The first kappa shape index (κ1) is 8.85. The zero-order valence-corrected chi connectivity index (χ0v) is 8.57.